The van der Waals surface area contributed by atoms with E-state index >= 15 is 0 Å². The zero-order valence-corrected chi connectivity index (χ0v) is 35.8. The standard InChI is InChI=1S/C55H45N7O3/c1-65-54(64)51-50-48(35-36-61(51)53(63)49(41-19-7-2-8-20-41)42-21-9-3-10-22-42)60(38-56-50)37-39-31-33-40(34-32-39)46-29-17-18-30-47(46)52-57-58-59-62(52)55(43-23-11-4-12-24-43,44-25-13-5-14-26-44)45-27-15-6-16-28-45/h2-34,38,49,51H,35-37H2,1H3. The number of fused-ring (bicyclic) bond motifs is 1. The van der Waals surface area contributed by atoms with E-state index in [0.717, 1.165) is 55.8 Å². The normalized spacial score (nSPS) is 13.6. The second-order valence-corrected chi connectivity index (χ2v) is 16.1. The molecule has 1 aliphatic rings. The Kier molecular flexibility index (Phi) is 11.2. The second-order valence-electron chi connectivity index (χ2n) is 16.1. The van der Waals surface area contributed by atoms with Gasteiger partial charge in [-0.25, -0.2) is 14.5 Å². The number of hydrogen-bond donors (Lipinski definition) is 0. The Morgan fingerprint density at radius 3 is 1.69 bits per heavy atom. The second kappa shape index (κ2) is 17.9. The van der Waals surface area contributed by atoms with E-state index in [-0.39, 0.29) is 5.91 Å². The van der Waals surface area contributed by atoms with Crippen molar-refractivity contribution < 1.29 is 14.3 Å². The summed E-state index contributed by atoms with van der Waals surface area (Å²) in [7, 11) is 1.36. The zero-order valence-electron chi connectivity index (χ0n) is 35.8. The molecule has 10 heteroatoms. The van der Waals surface area contributed by atoms with E-state index in [4.69, 9.17) is 20.0 Å². The van der Waals surface area contributed by atoms with Crippen LogP contribution in [0.15, 0.2) is 207 Å². The predicted octanol–water partition coefficient (Wildman–Crippen LogP) is 9.52. The first-order valence-electron chi connectivity index (χ1n) is 21.7. The lowest BCUT2D eigenvalue weighted by Crippen LogP contribution is -2.46. The van der Waals surface area contributed by atoms with Gasteiger partial charge in [-0.3, -0.25) is 4.79 Å². The number of carbonyl (C=O) groups excluding carboxylic acids is 2. The van der Waals surface area contributed by atoms with E-state index in [2.05, 4.69) is 119 Å². The molecular weight excluding hydrogens is 807 g/mol. The fourth-order valence-corrected chi connectivity index (χ4v) is 9.49. The Bertz CT molecular complexity index is 2910. The Morgan fingerprint density at radius 2 is 1.15 bits per heavy atom. The van der Waals surface area contributed by atoms with Gasteiger partial charge < -0.3 is 14.2 Å². The average Bonchev–Trinajstić information content (AvgIpc) is 4.04. The van der Waals surface area contributed by atoms with E-state index in [1.807, 2.05) is 95.7 Å². The first-order chi connectivity index (χ1) is 32.1. The number of tetrazole rings is 1. The summed E-state index contributed by atoms with van der Waals surface area (Å²) in [6.45, 7) is 0.859. The van der Waals surface area contributed by atoms with Crippen molar-refractivity contribution in [3.05, 3.63) is 251 Å². The van der Waals surface area contributed by atoms with E-state index < -0.39 is 23.5 Å². The van der Waals surface area contributed by atoms with Gasteiger partial charge in [0.2, 0.25) is 5.91 Å². The van der Waals surface area contributed by atoms with Crippen LogP contribution in [-0.4, -0.2) is 60.2 Å². The predicted molar refractivity (Wildman–Crippen MR) is 250 cm³/mol. The Labute approximate surface area is 377 Å². The molecule has 0 spiro atoms. The van der Waals surface area contributed by atoms with Crippen molar-refractivity contribution in [2.45, 2.75) is 30.5 Å². The molecule has 318 valence electrons. The van der Waals surface area contributed by atoms with Gasteiger partial charge in [0.1, 0.15) is 5.54 Å². The molecule has 0 bridgehead atoms. The number of carbonyl (C=O) groups is 2. The smallest absolute Gasteiger partial charge is 0.334 e. The zero-order chi connectivity index (χ0) is 44.2. The minimum atomic E-state index is -0.979. The number of aromatic nitrogens is 6. The van der Waals surface area contributed by atoms with Gasteiger partial charge in [0.15, 0.2) is 11.9 Å². The molecule has 0 fully saturated rings. The molecule has 1 aliphatic heterocycles. The molecule has 1 amide bonds. The van der Waals surface area contributed by atoms with E-state index in [1.165, 1.54) is 7.11 Å². The van der Waals surface area contributed by atoms with Crippen molar-refractivity contribution in [3.8, 4) is 22.5 Å². The van der Waals surface area contributed by atoms with Gasteiger partial charge in [-0.05, 0) is 54.9 Å². The number of amides is 1. The summed E-state index contributed by atoms with van der Waals surface area (Å²) >= 11 is 0. The van der Waals surface area contributed by atoms with Gasteiger partial charge in [-0.2, -0.15) is 0 Å². The lowest BCUT2D eigenvalue weighted by molar-refractivity contribution is -0.154. The maximum Gasteiger partial charge on any atom is 0.334 e. The molecule has 10 nitrogen and oxygen atoms in total. The van der Waals surface area contributed by atoms with Gasteiger partial charge in [0.05, 0.1) is 25.0 Å². The number of methoxy groups -OCH3 is 1. The van der Waals surface area contributed by atoms with Gasteiger partial charge in [0.25, 0.3) is 0 Å². The Hall–Kier alpha value is -8.24. The molecular formula is C55H45N7O3. The number of esters is 1. The maximum absolute atomic E-state index is 14.6. The van der Waals surface area contributed by atoms with E-state index in [9.17, 15) is 9.59 Å². The third kappa shape index (κ3) is 7.48. The summed E-state index contributed by atoms with van der Waals surface area (Å²) < 4.78 is 9.37. The highest BCUT2D eigenvalue weighted by Gasteiger charge is 2.44. The van der Waals surface area contributed by atoms with Crippen LogP contribution in [0, 0.1) is 0 Å². The summed E-state index contributed by atoms with van der Waals surface area (Å²) in [5, 5.41) is 13.9. The number of imidazole rings is 1. The number of benzene rings is 7. The highest BCUT2D eigenvalue weighted by atomic mass is 16.5. The summed E-state index contributed by atoms with van der Waals surface area (Å²) in [4.78, 5) is 34.7. The molecule has 7 aromatic carbocycles. The van der Waals surface area contributed by atoms with Crippen molar-refractivity contribution in [2.75, 3.05) is 13.7 Å². The molecule has 10 rings (SSSR count). The number of rotatable bonds is 12. The lowest BCUT2D eigenvalue weighted by Gasteiger charge is -2.36. The fourth-order valence-electron chi connectivity index (χ4n) is 9.49. The maximum atomic E-state index is 14.6. The molecule has 2 aromatic heterocycles. The van der Waals surface area contributed by atoms with Crippen molar-refractivity contribution >= 4 is 11.9 Å². The summed E-state index contributed by atoms with van der Waals surface area (Å²) in [5.41, 5.74) is 9.24. The number of nitrogens with zero attached hydrogens (tertiary/aromatic N) is 7. The number of hydrogen-bond acceptors (Lipinski definition) is 7. The summed E-state index contributed by atoms with van der Waals surface area (Å²) in [6.07, 6.45) is 2.30. The van der Waals surface area contributed by atoms with Gasteiger partial charge >= 0.3 is 5.97 Å². The first kappa shape index (κ1) is 40.8. The molecule has 0 aliphatic carbocycles. The third-order valence-corrected chi connectivity index (χ3v) is 12.5. The first-order valence-corrected chi connectivity index (χ1v) is 21.7. The van der Waals surface area contributed by atoms with Crippen LogP contribution in [0.3, 0.4) is 0 Å². The fraction of sp³-hybridized carbons (Fsp3) is 0.127. The Balaban J connectivity index is 0.969. The highest BCUT2D eigenvalue weighted by Crippen LogP contribution is 2.44. The van der Waals surface area contributed by atoms with Crippen LogP contribution < -0.4 is 0 Å². The summed E-state index contributed by atoms with van der Waals surface area (Å²) in [5.74, 6) is -0.665. The quantitative estimate of drug-likeness (QED) is 0.0891. The largest absolute Gasteiger partial charge is 0.467 e. The minimum Gasteiger partial charge on any atom is -0.467 e. The summed E-state index contributed by atoms with van der Waals surface area (Å²) in [6, 6.07) is 66.3. The van der Waals surface area contributed by atoms with E-state index in [0.29, 0.717) is 31.0 Å². The van der Waals surface area contributed by atoms with Crippen molar-refractivity contribution in [2.24, 2.45) is 0 Å². The molecule has 0 N–H and O–H groups in total. The monoisotopic (exact) mass is 851 g/mol. The number of ether oxygens (including phenoxy) is 1. The SMILES string of the molecule is COC(=O)C1c2ncn(Cc3ccc(-c4ccccc4-c4nnnn4C(c4ccccc4)(c4ccccc4)c4ccccc4)cc3)c2CCN1C(=O)C(c1ccccc1)c1ccccc1. The van der Waals surface area contributed by atoms with E-state index in [1.54, 1.807) is 11.2 Å². The topological polar surface area (TPSA) is 108 Å². The highest BCUT2D eigenvalue weighted by molar-refractivity contribution is 5.92. The van der Waals surface area contributed by atoms with Gasteiger partial charge in [-0.1, -0.05) is 200 Å². The Morgan fingerprint density at radius 1 is 0.646 bits per heavy atom. The van der Waals surface area contributed by atoms with Crippen molar-refractivity contribution in [1.82, 2.24) is 34.7 Å². The minimum absolute atomic E-state index is 0.172. The van der Waals surface area contributed by atoms with Crippen molar-refractivity contribution in [3.63, 3.8) is 0 Å². The van der Waals surface area contributed by atoms with Crippen molar-refractivity contribution in [1.29, 1.82) is 0 Å². The molecule has 9 aromatic rings. The lowest BCUT2D eigenvalue weighted by atomic mass is 9.77. The van der Waals surface area contributed by atoms with Crippen LogP contribution >= 0.6 is 0 Å². The third-order valence-electron chi connectivity index (χ3n) is 12.5. The molecule has 1 unspecified atom stereocenters. The molecule has 65 heavy (non-hydrogen) atoms. The molecule has 0 saturated carbocycles. The van der Waals surface area contributed by atoms with Crippen LogP contribution in [-0.2, 0) is 32.8 Å². The van der Waals surface area contributed by atoms with Crippen LogP contribution in [0.25, 0.3) is 22.5 Å². The van der Waals surface area contributed by atoms with Crippen LogP contribution in [0.1, 0.15) is 56.7 Å². The van der Waals surface area contributed by atoms with Crippen LogP contribution in [0.4, 0.5) is 0 Å². The van der Waals surface area contributed by atoms with Gasteiger partial charge in [0, 0.05) is 30.8 Å². The molecule has 1 atom stereocenters. The molecule has 3 heterocycles. The van der Waals surface area contributed by atoms with Crippen LogP contribution in [0.5, 0.6) is 0 Å². The average molecular weight is 852 g/mol. The molecule has 0 radical (unpaired) electrons. The van der Waals surface area contributed by atoms with Crippen LogP contribution in [0.2, 0.25) is 0 Å². The molecule has 0 saturated heterocycles. The van der Waals surface area contributed by atoms with Gasteiger partial charge in [-0.15, -0.1) is 5.10 Å².